The van der Waals surface area contributed by atoms with Crippen molar-refractivity contribution in [3.63, 3.8) is 0 Å². The van der Waals surface area contributed by atoms with Gasteiger partial charge in [-0.1, -0.05) is 12.1 Å². The molecule has 0 saturated carbocycles. The van der Waals surface area contributed by atoms with Crippen molar-refractivity contribution in [2.75, 3.05) is 0 Å². The first-order chi connectivity index (χ1) is 8.24. The van der Waals surface area contributed by atoms with E-state index in [0.717, 1.165) is 0 Å². The van der Waals surface area contributed by atoms with Gasteiger partial charge in [-0.3, -0.25) is 10.1 Å². The third-order valence-corrected chi connectivity index (χ3v) is 2.28. The Labute approximate surface area is 94.6 Å². The lowest BCUT2D eigenvalue weighted by Gasteiger charge is -1.85. The highest BCUT2D eigenvalue weighted by Crippen LogP contribution is 2.28. The zero-order valence-corrected chi connectivity index (χ0v) is 8.49. The number of nitrogens with zero attached hydrogens (tertiary/aromatic N) is 2. The Morgan fingerprint density at radius 2 is 1.94 bits per heavy atom. The predicted molar refractivity (Wildman–Crippen MR) is 58.4 cm³/mol. The van der Waals surface area contributed by atoms with E-state index >= 15 is 0 Å². The topological polar surface area (TPSA) is 82.3 Å². The second-order valence-corrected chi connectivity index (χ2v) is 3.38. The van der Waals surface area contributed by atoms with Crippen molar-refractivity contribution in [3.8, 4) is 11.7 Å². The predicted octanol–water partition coefficient (Wildman–Crippen LogP) is 3.00. The van der Waals surface area contributed by atoms with Crippen LogP contribution in [0.4, 0.5) is 5.88 Å². The van der Waals surface area contributed by atoms with Crippen molar-refractivity contribution in [1.82, 2.24) is 4.98 Å². The van der Waals surface area contributed by atoms with Crippen molar-refractivity contribution in [2.24, 2.45) is 0 Å². The molecule has 3 aromatic rings. The lowest BCUT2D eigenvalue weighted by molar-refractivity contribution is -0.401. The number of furan rings is 1. The van der Waals surface area contributed by atoms with Crippen LogP contribution >= 0.6 is 0 Å². The van der Waals surface area contributed by atoms with Crippen LogP contribution in [0.15, 0.2) is 45.2 Å². The monoisotopic (exact) mass is 230 g/mol. The summed E-state index contributed by atoms with van der Waals surface area (Å²) in [6.45, 7) is 0. The minimum Gasteiger partial charge on any atom is -0.434 e. The van der Waals surface area contributed by atoms with Gasteiger partial charge in [0.1, 0.15) is 10.4 Å². The molecule has 6 nitrogen and oxygen atoms in total. The molecule has 0 aliphatic carbocycles. The SMILES string of the molecule is O=[N+]([O-])c1ccc(-c2nc3ccccc3o2)o1. The molecule has 0 unspecified atom stereocenters. The van der Waals surface area contributed by atoms with Gasteiger partial charge < -0.3 is 8.83 Å². The minimum atomic E-state index is -0.605. The quantitative estimate of drug-likeness (QED) is 0.499. The molecule has 0 saturated heterocycles. The summed E-state index contributed by atoms with van der Waals surface area (Å²) in [5.41, 5.74) is 1.29. The molecule has 3 rings (SSSR count). The van der Waals surface area contributed by atoms with Crippen LogP contribution < -0.4 is 0 Å². The molecule has 17 heavy (non-hydrogen) atoms. The van der Waals surface area contributed by atoms with E-state index in [1.165, 1.54) is 12.1 Å². The Morgan fingerprint density at radius 1 is 1.12 bits per heavy atom. The average Bonchev–Trinajstić information content (AvgIpc) is 2.95. The van der Waals surface area contributed by atoms with Gasteiger partial charge in [0, 0.05) is 0 Å². The second-order valence-electron chi connectivity index (χ2n) is 3.38. The summed E-state index contributed by atoms with van der Waals surface area (Å²) in [7, 11) is 0. The molecular formula is C11H6N2O4. The molecule has 0 atom stereocenters. The zero-order valence-electron chi connectivity index (χ0n) is 8.49. The summed E-state index contributed by atoms with van der Waals surface area (Å²) in [5, 5.41) is 10.5. The molecule has 0 fully saturated rings. The smallest absolute Gasteiger partial charge is 0.433 e. The van der Waals surface area contributed by atoms with E-state index in [4.69, 9.17) is 8.83 Å². The molecule has 0 spiro atoms. The van der Waals surface area contributed by atoms with Crippen LogP contribution in [0.5, 0.6) is 0 Å². The Bertz CT molecular complexity index is 665. The Kier molecular flexibility index (Phi) is 1.94. The van der Waals surface area contributed by atoms with Crippen LogP contribution in [-0.2, 0) is 0 Å². The van der Waals surface area contributed by atoms with Gasteiger partial charge in [0.2, 0.25) is 0 Å². The van der Waals surface area contributed by atoms with Crippen LogP contribution in [0.1, 0.15) is 0 Å². The third-order valence-electron chi connectivity index (χ3n) is 2.28. The number of aromatic nitrogens is 1. The van der Waals surface area contributed by atoms with Crippen molar-refractivity contribution in [2.45, 2.75) is 0 Å². The molecule has 1 aromatic carbocycles. The van der Waals surface area contributed by atoms with Gasteiger partial charge in [-0.15, -0.1) is 0 Å². The highest BCUT2D eigenvalue weighted by atomic mass is 16.6. The molecule has 0 amide bonds. The number of hydrogen-bond donors (Lipinski definition) is 0. The molecule has 2 aromatic heterocycles. The molecule has 2 heterocycles. The molecule has 6 heteroatoms. The van der Waals surface area contributed by atoms with E-state index in [0.29, 0.717) is 11.1 Å². The van der Waals surface area contributed by atoms with Crippen LogP contribution in [-0.4, -0.2) is 9.91 Å². The number of nitro groups is 1. The first-order valence-electron chi connectivity index (χ1n) is 4.84. The van der Waals surface area contributed by atoms with Crippen molar-refractivity contribution >= 4 is 17.0 Å². The molecule has 0 aliphatic heterocycles. The number of oxazole rings is 1. The van der Waals surface area contributed by atoms with Gasteiger partial charge in [-0.05, 0) is 18.2 Å². The molecule has 84 valence electrons. The standard InChI is InChI=1S/C11H6N2O4/c14-13(15)10-6-5-9(16-10)11-12-7-3-1-2-4-8(7)17-11/h1-6H. The Hall–Kier alpha value is -2.63. The fourth-order valence-corrected chi connectivity index (χ4v) is 1.52. The summed E-state index contributed by atoms with van der Waals surface area (Å²) >= 11 is 0. The van der Waals surface area contributed by atoms with E-state index in [1.54, 1.807) is 12.1 Å². The van der Waals surface area contributed by atoms with Crippen molar-refractivity contribution in [1.29, 1.82) is 0 Å². The van der Waals surface area contributed by atoms with Crippen LogP contribution in [0.2, 0.25) is 0 Å². The van der Waals surface area contributed by atoms with Gasteiger partial charge in [0.15, 0.2) is 11.3 Å². The van der Waals surface area contributed by atoms with Crippen LogP contribution in [0.3, 0.4) is 0 Å². The number of hydrogen-bond acceptors (Lipinski definition) is 5. The highest BCUT2D eigenvalue weighted by Gasteiger charge is 2.17. The fraction of sp³-hybridized carbons (Fsp3) is 0. The molecule has 0 radical (unpaired) electrons. The number of fused-ring (bicyclic) bond motifs is 1. The van der Waals surface area contributed by atoms with Gasteiger partial charge in [-0.25, -0.2) is 4.98 Å². The summed E-state index contributed by atoms with van der Waals surface area (Å²) in [6.07, 6.45) is 0. The average molecular weight is 230 g/mol. The summed E-state index contributed by atoms with van der Waals surface area (Å²) in [5.74, 6) is 0.148. The van der Waals surface area contributed by atoms with Gasteiger partial charge >= 0.3 is 5.88 Å². The van der Waals surface area contributed by atoms with E-state index in [1.807, 2.05) is 12.1 Å². The number of benzene rings is 1. The molecule has 0 N–H and O–H groups in total. The van der Waals surface area contributed by atoms with Crippen LogP contribution in [0.25, 0.3) is 22.8 Å². The van der Waals surface area contributed by atoms with Crippen LogP contribution in [0, 0.1) is 10.1 Å². The normalized spacial score (nSPS) is 10.8. The van der Waals surface area contributed by atoms with Crippen molar-refractivity contribution in [3.05, 3.63) is 46.5 Å². The van der Waals surface area contributed by atoms with E-state index in [-0.39, 0.29) is 17.5 Å². The van der Waals surface area contributed by atoms with E-state index in [9.17, 15) is 10.1 Å². The Balaban J connectivity index is 2.10. The molecule has 0 aliphatic rings. The second kappa shape index (κ2) is 3.44. The third kappa shape index (κ3) is 1.55. The minimum absolute atomic E-state index is 0.235. The van der Waals surface area contributed by atoms with E-state index < -0.39 is 4.92 Å². The summed E-state index contributed by atoms with van der Waals surface area (Å²) in [4.78, 5) is 14.0. The number of para-hydroxylation sites is 2. The van der Waals surface area contributed by atoms with Gasteiger partial charge in [0.05, 0.1) is 6.07 Å². The molecule has 0 bridgehead atoms. The fourth-order valence-electron chi connectivity index (χ4n) is 1.52. The zero-order chi connectivity index (χ0) is 11.8. The largest absolute Gasteiger partial charge is 0.434 e. The van der Waals surface area contributed by atoms with Crippen molar-refractivity contribution < 1.29 is 13.8 Å². The first kappa shape index (κ1) is 9.59. The first-order valence-corrected chi connectivity index (χ1v) is 4.84. The van der Waals surface area contributed by atoms with E-state index in [2.05, 4.69) is 4.98 Å². The summed E-state index contributed by atoms with van der Waals surface area (Å²) in [6, 6.07) is 9.94. The maximum absolute atomic E-state index is 10.5. The maximum atomic E-state index is 10.5. The highest BCUT2D eigenvalue weighted by molar-refractivity contribution is 5.75. The Morgan fingerprint density at radius 3 is 2.65 bits per heavy atom. The lowest BCUT2D eigenvalue weighted by atomic mass is 10.3. The van der Waals surface area contributed by atoms with Gasteiger partial charge in [-0.2, -0.15) is 0 Å². The number of rotatable bonds is 2. The lowest BCUT2D eigenvalue weighted by Crippen LogP contribution is -1.82. The summed E-state index contributed by atoms with van der Waals surface area (Å²) < 4.78 is 10.4. The maximum Gasteiger partial charge on any atom is 0.433 e. The molecular weight excluding hydrogens is 224 g/mol. The van der Waals surface area contributed by atoms with Gasteiger partial charge in [0.25, 0.3) is 5.89 Å².